The fourth-order valence-electron chi connectivity index (χ4n) is 5.28. The number of nitrogens with zero attached hydrogens (tertiary/aromatic N) is 3. The Bertz CT molecular complexity index is 1160. The molecule has 13 nitrogen and oxygen atoms in total. The lowest BCUT2D eigenvalue weighted by molar-refractivity contribution is -0.139. The van der Waals surface area contributed by atoms with E-state index in [9.17, 15) is 32.7 Å². The lowest BCUT2D eigenvalue weighted by atomic mass is 9.87. The van der Waals surface area contributed by atoms with E-state index in [0.717, 1.165) is 11.1 Å². The minimum absolute atomic E-state index is 0.0769. The molecule has 3 unspecified atom stereocenters. The first kappa shape index (κ1) is 23.8. The molecule has 4 aliphatic heterocycles. The normalized spacial score (nSPS) is 31.6. The van der Waals surface area contributed by atoms with Gasteiger partial charge in [-0.1, -0.05) is 0 Å². The van der Waals surface area contributed by atoms with Crippen LogP contribution in [-0.2, 0) is 15.8 Å². The van der Waals surface area contributed by atoms with E-state index >= 15 is 0 Å². The van der Waals surface area contributed by atoms with Crippen LogP contribution in [0.4, 0.5) is 13.2 Å². The second-order valence-electron chi connectivity index (χ2n) is 9.04. The molecule has 192 valence electrons. The van der Waals surface area contributed by atoms with E-state index in [2.05, 4.69) is 26.3 Å². The van der Waals surface area contributed by atoms with Gasteiger partial charge in [-0.05, 0) is 6.07 Å². The molecular formula is C20H22F3N9O4. The van der Waals surface area contributed by atoms with Crippen molar-refractivity contribution in [3.05, 3.63) is 29.6 Å². The van der Waals surface area contributed by atoms with Gasteiger partial charge in [-0.15, -0.1) is 0 Å². The SMILES string of the molecule is N=C1NC2[C@H](CN3C(=O)CCC3=O)NC(=N)N3CC(NC(=O)c4cncc(C(F)(F)F)c4)[C@@H](O)C23N1. The van der Waals surface area contributed by atoms with Crippen molar-refractivity contribution >= 4 is 29.6 Å². The zero-order valence-corrected chi connectivity index (χ0v) is 18.5. The molecule has 5 rings (SSSR count). The summed E-state index contributed by atoms with van der Waals surface area (Å²) < 4.78 is 39.1. The van der Waals surface area contributed by atoms with E-state index in [0.29, 0.717) is 12.3 Å². The van der Waals surface area contributed by atoms with Crippen LogP contribution in [0, 0.1) is 10.8 Å². The number of guanidine groups is 2. The van der Waals surface area contributed by atoms with Crippen LogP contribution in [0.3, 0.4) is 0 Å². The molecule has 0 aliphatic carbocycles. The topological polar surface area (TPSA) is 187 Å². The first-order chi connectivity index (χ1) is 16.9. The molecule has 4 aliphatic rings. The minimum Gasteiger partial charge on any atom is -0.386 e. The number of aliphatic hydroxyl groups excluding tert-OH is 1. The molecule has 1 aromatic rings. The summed E-state index contributed by atoms with van der Waals surface area (Å²) in [5.41, 5.74) is -2.97. The molecule has 0 aromatic carbocycles. The Labute approximate surface area is 201 Å². The first-order valence-corrected chi connectivity index (χ1v) is 11.0. The predicted octanol–water partition coefficient (Wildman–Crippen LogP) is -1.88. The van der Waals surface area contributed by atoms with Gasteiger partial charge < -0.3 is 31.3 Å². The number of halogens is 3. The number of amides is 3. The van der Waals surface area contributed by atoms with Crippen LogP contribution in [0.15, 0.2) is 18.5 Å². The molecule has 4 fully saturated rings. The third-order valence-corrected chi connectivity index (χ3v) is 6.93. The number of rotatable bonds is 4. The summed E-state index contributed by atoms with van der Waals surface area (Å²) in [5.74, 6) is -2.00. The Morgan fingerprint density at radius 1 is 1.22 bits per heavy atom. The fraction of sp³-hybridized carbons (Fsp3) is 0.500. The van der Waals surface area contributed by atoms with Crippen LogP contribution in [0.2, 0.25) is 0 Å². The van der Waals surface area contributed by atoms with Crippen molar-refractivity contribution < 1.29 is 32.7 Å². The van der Waals surface area contributed by atoms with Crippen LogP contribution in [0.5, 0.6) is 0 Å². The molecule has 3 amide bonds. The number of likely N-dealkylation sites (tertiary alicyclic amines) is 1. The van der Waals surface area contributed by atoms with Gasteiger partial charge in [0.05, 0.1) is 35.8 Å². The third-order valence-electron chi connectivity index (χ3n) is 6.93. The molecule has 16 heteroatoms. The first-order valence-electron chi connectivity index (χ1n) is 11.0. The maximum atomic E-state index is 13.0. The number of aliphatic hydroxyl groups is 1. The number of aromatic nitrogens is 1. The van der Waals surface area contributed by atoms with Crippen molar-refractivity contribution in [3.8, 4) is 0 Å². The molecular weight excluding hydrogens is 487 g/mol. The van der Waals surface area contributed by atoms with Gasteiger partial charge in [0.25, 0.3) is 5.91 Å². The van der Waals surface area contributed by atoms with Crippen molar-refractivity contribution in [1.82, 2.24) is 36.1 Å². The highest BCUT2D eigenvalue weighted by Crippen LogP contribution is 2.38. The van der Waals surface area contributed by atoms with E-state index in [1.54, 1.807) is 0 Å². The smallest absolute Gasteiger partial charge is 0.386 e. The Kier molecular flexibility index (Phi) is 5.31. The summed E-state index contributed by atoms with van der Waals surface area (Å²) in [6.45, 7) is -0.222. The van der Waals surface area contributed by atoms with E-state index in [1.165, 1.54) is 4.90 Å². The molecule has 36 heavy (non-hydrogen) atoms. The highest BCUT2D eigenvalue weighted by atomic mass is 19.4. The van der Waals surface area contributed by atoms with Gasteiger partial charge >= 0.3 is 6.18 Å². The van der Waals surface area contributed by atoms with Gasteiger partial charge in [-0.25, -0.2) is 0 Å². The molecule has 4 saturated heterocycles. The van der Waals surface area contributed by atoms with Gasteiger partial charge in [-0.3, -0.25) is 35.1 Å². The molecule has 5 atom stereocenters. The number of hydrogen-bond acceptors (Lipinski definition) is 7. The Morgan fingerprint density at radius 3 is 2.58 bits per heavy atom. The van der Waals surface area contributed by atoms with Crippen molar-refractivity contribution in [2.24, 2.45) is 0 Å². The van der Waals surface area contributed by atoms with Crippen LogP contribution in [0.1, 0.15) is 28.8 Å². The monoisotopic (exact) mass is 509 g/mol. The molecule has 1 spiro atoms. The van der Waals surface area contributed by atoms with Gasteiger partial charge in [0.1, 0.15) is 6.10 Å². The lowest BCUT2D eigenvalue weighted by Gasteiger charge is -2.49. The predicted molar refractivity (Wildman–Crippen MR) is 114 cm³/mol. The van der Waals surface area contributed by atoms with Gasteiger partial charge in [0, 0.05) is 31.8 Å². The van der Waals surface area contributed by atoms with Crippen molar-refractivity contribution in [3.63, 3.8) is 0 Å². The van der Waals surface area contributed by atoms with Crippen LogP contribution in [-0.4, -0.2) is 92.5 Å². The minimum atomic E-state index is -4.70. The lowest BCUT2D eigenvalue weighted by Crippen LogP contribution is -2.78. The average Bonchev–Trinajstić information content (AvgIpc) is 3.43. The van der Waals surface area contributed by atoms with Gasteiger partial charge in [-0.2, -0.15) is 13.2 Å². The van der Waals surface area contributed by atoms with Crippen molar-refractivity contribution in [1.29, 1.82) is 10.8 Å². The standard InChI is InChI=1S/C20H22F3N9O4/c21-20(22,23)9-3-8(4-26-5-9)16(36)27-11-7-32-18(25)28-10(6-31-12(33)1-2-13(31)34)14-19(32,15(11)35)30-17(24)29-14/h3-5,10-11,14-15,35H,1-2,6-7H2,(H2,25,28)(H,27,36)(H3,24,29,30)/t10-,11?,14?,15+,19?/m0/s1. The average molecular weight is 509 g/mol. The summed E-state index contributed by atoms with van der Waals surface area (Å²) in [5, 5.41) is 39.0. The van der Waals surface area contributed by atoms with Crippen molar-refractivity contribution in [2.75, 3.05) is 13.1 Å². The highest BCUT2D eigenvalue weighted by molar-refractivity contribution is 6.02. The van der Waals surface area contributed by atoms with E-state index in [1.807, 2.05) is 0 Å². The number of nitrogens with one attached hydrogen (secondary N) is 6. The molecule has 1 aromatic heterocycles. The molecule has 7 N–H and O–H groups in total. The molecule has 5 heterocycles. The maximum Gasteiger partial charge on any atom is 0.417 e. The number of carbonyl (C=O) groups excluding carboxylic acids is 3. The van der Waals surface area contributed by atoms with E-state index in [4.69, 9.17) is 10.8 Å². The second kappa shape index (κ2) is 8.04. The Balaban J connectivity index is 1.40. The number of imide groups is 1. The van der Waals surface area contributed by atoms with Crippen molar-refractivity contribution in [2.45, 2.75) is 48.9 Å². The van der Waals surface area contributed by atoms with Gasteiger partial charge in [0.15, 0.2) is 17.6 Å². The van der Waals surface area contributed by atoms with E-state index in [-0.39, 0.29) is 55.2 Å². The molecule has 0 saturated carbocycles. The zero-order chi connectivity index (χ0) is 26.0. The number of pyridine rings is 1. The second-order valence-corrected chi connectivity index (χ2v) is 9.04. The Hall–Kier alpha value is -3.95. The molecule has 0 radical (unpaired) electrons. The van der Waals surface area contributed by atoms with Crippen LogP contribution in [0.25, 0.3) is 0 Å². The van der Waals surface area contributed by atoms with Crippen LogP contribution >= 0.6 is 0 Å². The largest absolute Gasteiger partial charge is 0.417 e. The molecule has 0 bridgehead atoms. The number of hydrogen-bond donors (Lipinski definition) is 7. The highest BCUT2D eigenvalue weighted by Gasteiger charge is 2.67. The summed E-state index contributed by atoms with van der Waals surface area (Å²) >= 11 is 0. The maximum absolute atomic E-state index is 13.0. The summed E-state index contributed by atoms with van der Waals surface area (Å²) in [7, 11) is 0. The summed E-state index contributed by atoms with van der Waals surface area (Å²) in [4.78, 5) is 43.0. The summed E-state index contributed by atoms with van der Waals surface area (Å²) in [6, 6.07) is -1.97. The van der Waals surface area contributed by atoms with E-state index < -0.39 is 47.5 Å². The van der Waals surface area contributed by atoms with Gasteiger partial charge in [0.2, 0.25) is 11.8 Å². The summed E-state index contributed by atoms with van der Waals surface area (Å²) in [6.07, 6.45) is -4.42. The third kappa shape index (κ3) is 3.59. The number of alkyl halides is 3. The zero-order valence-electron chi connectivity index (χ0n) is 18.5. The quantitative estimate of drug-likeness (QED) is 0.228. The Morgan fingerprint density at radius 2 is 1.92 bits per heavy atom. The fourth-order valence-corrected chi connectivity index (χ4v) is 5.28. The van der Waals surface area contributed by atoms with Crippen LogP contribution < -0.4 is 21.3 Å². The number of carbonyl (C=O) groups is 3.